The summed E-state index contributed by atoms with van der Waals surface area (Å²) in [6, 6.07) is 1.63. The van der Waals surface area contributed by atoms with Crippen LogP contribution in [0, 0.1) is 5.92 Å². The van der Waals surface area contributed by atoms with Crippen LogP contribution in [-0.2, 0) is 9.53 Å². The summed E-state index contributed by atoms with van der Waals surface area (Å²) in [5, 5.41) is 9.01. The van der Waals surface area contributed by atoms with Crippen molar-refractivity contribution in [3.63, 3.8) is 0 Å². The molecule has 0 aliphatic heterocycles. The first-order valence-corrected chi connectivity index (χ1v) is 7.59. The topological polar surface area (TPSA) is 80.0 Å². The Morgan fingerprint density at radius 2 is 2.24 bits per heavy atom. The van der Waals surface area contributed by atoms with E-state index in [-0.39, 0.29) is 18.2 Å². The third-order valence-electron chi connectivity index (χ3n) is 2.94. The molecule has 1 aromatic rings. The summed E-state index contributed by atoms with van der Waals surface area (Å²) >= 11 is 3.24. The van der Waals surface area contributed by atoms with Crippen molar-refractivity contribution in [2.24, 2.45) is 5.92 Å². The molecule has 0 aromatic carbocycles. The van der Waals surface area contributed by atoms with E-state index in [4.69, 9.17) is 14.3 Å². The summed E-state index contributed by atoms with van der Waals surface area (Å²) in [7, 11) is 0. The van der Waals surface area contributed by atoms with E-state index in [1.165, 1.54) is 11.2 Å². The number of carboxylic acid groups (broad SMARTS) is 1. The molecule has 0 aliphatic carbocycles. The lowest BCUT2D eigenvalue weighted by Gasteiger charge is -2.23. The molecule has 1 amide bonds. The maximum atomic E-state index is 12.4. The van der Waals surface area contributed by atoms with E-state index in [0.717, 1.165) is 0 Å². The van der Waals surface area contributed by atoms with Crippen LogP contribution in [0.4, 0.5) is 0 Å². The fourth-order valence-corrected chi connectivity index (χ4v) is 2.15. The van der Waals surface area contributed by atoms with Gasteiger partial charge in [-0.3, -0.25) is 9.59 Å². The molecule has 1 rings (SSSR count). The fraction of sp³-hybridized carbons (Fsp3) is 0.571. The van der Waals surface area contributed by atoms with Gasteiger partial charge in [0.25, 0.3) is 5.91 Å². The molecule has 6 nitrogen and oxygen atoms in total. The van der Waals surface area contributed by atoms with Crippen LogP contribution in [0.15, 0.2) is 21.2 Å². The summed E-state index contributed by atoms with van der Waals surface area (Å²) in [5.74, 6) is -1.72. The second-order valence-electron chi connectivity index (χ2n) is 4.64. The van der Waals surface area contributed by atoms with Crippen molar-refractivity contribution in [2.75, 3.05) is 26.3 Å². The maximum absolute atomic E-state index is 12.4. The zero-order valence-electron chi connectivity index (χ0n) is 12.2. The molecule has 1 N–H and O–H groups in total. The van der Waals surface area contributed by atoms with Crippen LogP contribution < -0.4 is 0 Å². The Bertz CT molecular complexity index is 474. The summed E-state index contributed by atoms with van der Waals surface area (Å²) < 4.78 is 11.0. The first kappa shape index (κ1) is 17.7. The summed E-state index contributed by atoms with van der Waals surface area (Å²) in [6.45, 7) is 5.17. The van der Waals surface area contributed by atoms with Gasteiger partial charge in [0.1, 0.15) is 0 Å². The molecule has 0 bridgehead atoms. The van der Waals surface area contributed by atoms with E-state index < -0.39 is 11.9 Å². The number of carbonyl (C=O) groups excluding carboxylic acids is 1. The monoisotopic (exact) mass is 361 g/mol. The Morgan fingerprint density at radius 1 is 1.52 bits per heavy atom. The standard InChI is InChI=1S/C14H20BrNO5/c1-3-20-7-4-6-16(9-10(2)14(18)19)13(17)12-11(15)5-8-21-12/h5,8,10H,3-4,6-7,9H2,1-2H3,(H,18,19). The lowest BCUT2D eigenvalue weighted by atomic mass is 10.1. The van der Waals surface area contributed by atoms with Gasteiger partial charge in [0.2, 0.25) is 5.76 Å². The first-order chi connectivity index (χ1) is 9.97. The molecule has 0 radical (unpaired) electrons. The normalized spacial score (nSPS) is 12.1. The van der Waals surface area contributed by atoms with Crippen molar-refractivity contribution >= 4 is 27.8 Å². The summed E-state index contributed by atoms with van der Waals surface area (Å²) in [6.07, 6.45) is 2.06. The van der Waals surface area contributed by atoms with Gasteiger partial charge in [-0.1, -0.05) is 6.92 Å². The lowest BCUT2D eigenvalue weighted by Crippen LogP contribution is -2.38. The molecule has 0 aliphatic rings. The smallest absolute Gasteiger partial charge is 0.308 e. The molecule has 21 heavy (non-hydrogen) atoms. The molecule has 0 spiro atoms. The molecule has 7 heteroatoms. The Labute approximate surface area is 132 Å². The Morgan fingerprint density at radius 3 is 2.76 bits per heavy atom. The Kier molecular flexibility index (Phi) is 7.45. The van der Waals surface area contributed by atoms with Crippen molar-refractivity contribution in [1.29, 1.82) is 0 Å². The highest BCUT2D eigenvalue weighted by Gasteiger charge is 2.24. The number of nitrogens with zero attached hydrogens (tertiary/aromatic N) is 1. The van der Waals surface area contributed by atoms with E-state index in [1.807, 2.05) is 6.92 Å². The largest absolute Gasteiger partial charge is 0.481 e. The number of furan rings is 1. The summed E-state index contributed by atoms with van der Waals surface area (Å²) in [4.78, 5) is 24.9. The van der Waals surface area contributed by atoms with E-state index in [1.54, 1.807) is 13.0 Å². The number of aliphatic carboxylic acids is 1. The summed E-state index contributed by atoms with van der Waals surface area (Å²) in [5.41, 5.74) is 0. The predicted molar refractivity (Wildman–Crippen MR) is 80.2 cm³/mol. The van der Waals surface area contributed by atoms with E-state index in [9.17, 15) is 9.59 Å². The van der Waals surface area contributed by atoms with Crippen LogP contribution in [-0.4, -0.2) is 48.2 Å². The molecule has 0 saturated carbocycles. The van der Waals surface area contributed by atoms with Crippen molar-refractivity contribution in [3.05, 3.63) is 22.6 Å². The lowest BCUT2D eigenvalue weighted by molar-refractivity contribution is -0.141. The van der Waals surface area contributed by atoms with Crippen molar-refractivity contribution < 1.29 is 23.8 Å². The minimum Gasteiger partial charge on any atom is -0.481 e. The van der Waals surface area contributed by atoms with Gasteiger partial charge < -0.3 is 19.2 Å². The van der Waals surface area contributed by atoms with E-state index >= 15 is 0 Å². The number of carbonyl (C=O) groups is 2. The fourth-order valence-electron chi connectivity index (χ4n) is 1.78. The van der Waals surface area contributed by atoms with Crippen molar-refractivity contribution in [1.82, 2.24) is 4.90 Å². The molecule has 1 heterocycles. The van der Waals surface area contributed by atoms with Crippen LogP contribution in [0.1, 0.15) is 30.8 Å². The number of hydrogen-bond acceptors (Lipinski definition) is 4. The van der Waals surface area contributed by atoms with Crippen molar-refractivity contribution in [2.45, 2.75) is 20.3 Å². The predicted octanol–water partition coefficient (Wildman–Crippen LogP) is 2.63. The van der Waals surface area contributed by atoms with Crippen molar-refractivity contribution in [3.8, 4) is 0 Å². The van der Waals surface area contributed by atoms with Crippen LogP contribution in [0.2, 0.25) is 0 Å². The van der Waals surface area contributed by atoms with Gasteiger partial charge in [0, 0.05) is 26.3 Å². The number of hydrogen-bond donors (Lipinski definition) is 1. The van der Waals surface area contributed by atoms with Gasteiger partial charge in [0.05, 0.1) is 16.7 Å². The minimum absolute atomic E-state index is 0.132. The van der Waals surface area contributed by atoms with Gasteiger partial charge in [-0.2, -0.15) is 0 Å². The zero-order chi connectivity index (χ0) is 15.8. The number of halogens is 1. The molecule has 0 saturated heterocycles. The maximum Gasteiger partial charge on any atom is 0.308 e. The van der Waals surface area contributed by atoms with E-state index in [0.29, 0.717) is 30.7 Å². The van der Waals surface area contributed by atoms with Gasteiger partial charge >= 0.3 is 5.97 Å². The van der Waals surface area contributed by atoms with Gasteiger partial charge in [-0.25, -0.2) is 0 Å². The first-order valence-electron chi connectivity index (χ1n) is 6.80. The number of ether oxygens (including phenoxy) is 1. The highest BCUT2D eigenvalue weighted by Crippen LogP contribution is 2.20. The SMILES string of the molecule is CCOCCCN(CC(C)C(=O)O)C(=O)c1occc1Br. The molecule has 118 valence electrons. The van der Waals surface area contributed by atoms with Crippen LogP contribution in [0.3, 0.4) is 0 Å². The zero-order valence-corrected chi connectivity index (χ0v) is 13.8. The van der Waals surface area contributed by atoms with Crippen LogP contribution in [0.25, 0.3) is 0 Å². The molecular formula is C14H20BrNO5. The third-order valence-corrected chi connectivity index (χ3v) is 3.56. The highest BCUT2D eigenvalue weighted by molar-refractivity contribution is 9.10. The Hall–Kier alpha value is -1.34. The average molecular weight is 362 g/mol. The second kappa shape index (κ2) is 8.84. The average Bonchev–Trinajstić information content (AvgIpc) is 2.87. The third kappa shape index (κ3) is 5.51. The number of rotatable bonds is 9. The quantitative estimate of drug-likeness (QED) is 0.683. The van der Waals surface area contributed by atoms with Gasteiger partial charge in [0.15, 0.2) is 0 Å². The molecular weight excluding hydrogens is 342 g/mol. The van der Waals surface area contributed by atoms with Gasteiger partial charge in [-0.05, 0) is 35.3 Å². The molecule has 1 unspecified atom stereocenters. The Balaban J connectivity index is 2.73. The second-order valence-corrected chi connectivity index (χ2v) is 5.49. The van der Waals surface area contributed by atoms with Crippen LogP contribution in [0.5, 0.6) is 0 Å². The number of carboxylic acids is 1. The minimum atomic E-state index is -0.934. The van der Waals surface area contributed by atoms with Crippen LogP contribution >= 0.6 is 15.9 Å². The van der Waals surface area contributed by atoms with Gasteiger partial charge in [-0.15, -0.1) is 0 Å². The number of amides is 1. The molecule has 1 atom stereocenters. The molecule has 0 fully saturated rings. The molecule has 1 aromatic heterocycles. The van der Waals surface area contributed by atoms with E-state index in [2.05, 4.69) is 15.9 Å². The highest BCUT2D eigenvalue weighted by atomic mass is 79.9.